The molecular formula is C25H54O2P2. The highest BCUT2D eigenvalue weighted by Gasteiger charge is 1.90. The summed E-state index contributed by atoms with van der Waals surface area (Å²) in [6.45, 7) is 9.20. The normalized spacial score (nSPS) is 7.38. The van der Waals surface area contributed by atoms with Gasteiger partial charge in [0.05, 0.1) is 6.61 Å². The number of rotatable bonds is 5. The second kappa shape index (κ2) is 31.9. The van der Waals surface area contributed by atoms with Gasteiger partial charge in [-0.15, -0.1) is 0 Å². The van der Waals surface area contributed by atoms with E-state index < -0.39 is 0 Å². The number of methoxy groups -OCH3 is 1. The van der Waals surface area contributed by atoms with Gasteiger partial charge in [0, 0.05) is 13.7 Å². The Kier molecular flexibility index (Phi) is 51.1. The average molecular weight is 449 g/mol. The van der Waals surface area contributed by atoms with Crippen molar-refractivity contribution in [1.82, 2.24) is 0 Å². The van der Waals surface area contributed by atoms with Crippen LogP contribution in [0, 0.1) is 13.8 Å². The molecule has 29 heavy (non-hydrogen) atoms. The van der Waals surface area contributed by atoms with Crippen LogP contribution < -0.4 is 0 Å². The summed E-state index contributed by atoms with van der Waals surface area (Å²) in [5.41, 5.74) is 5.12. The van der Waals surface area contributed by atoms with Crippen molar-refractivity contribution in [2.24, 2.45) is 0 Å². The van der Waals surface area contributed by atoms with Crippen molar-refractivity contribution in [3.63, 3.8) is 0 Å². The van der Waals surface area contributed by atoms with Gasteiger partial charge in [0.2, 0.25) is 0 Å². The minimum atomic E-state index is 0. The Morgan fingerprint density at radius 2 is 0.966 bits per heavy atom. The summed E-state index contributed by atoms with van der Waals surface area (Å²) in [4.78, 5) is 0. The number of benzene rings is 2. The van der Waals surface area contributed by atoms with E-state index in [4.69, 9.17) is 9.84 Å². The molecule has 2 atom stereocenters. The van der Waals surface area contributed by atoms with Crippen LogP contribution in [0.2, 0.25) is 0 Å². The molecule has 0 aromatic heterocycles. The summed E-state index contributed by atoms with van der Waals surface area (Å²) in [6.07, 6.45) is 1.77. The Morgan fingerprint density at radius 3 is 1.24 bits per heavy atom. The summed E-state index contributed by atoms with van der Waals surface area (Å²) >= 11 is 0. The molecule has 0 radical (unpaired) electrons. The third-order valence-corrected chi connectivity index (χ3v) is 3.24. The molecular weight excluding hydrogens is 394 g/mol. The van der Waals surface area contributed by atoms with Crippen LogP contribution in [0.25, 0.3) is 0 Å². The van der Waals surface area contributed by atoms with Gasteiger partial charge < -0.3 is 9.84 Å². The molecule has 2 aromatic carbocycles. The van der Waals surface area contributed by atoms with Crippen LogP contribution in [0.4, 0.5) is 0 Å². The first-order valence-corrected chi connectivity index (χ1v) is 8.36. The Morgan fingerprint density at radius 1 is 0.655 bits per heavy atom. The lowest BCUT2D eigenvalue weighted by molar-refractivity contribution is 0.202. The lowest BCUT2D eigenvalue weighted by Crippen LogP contribution is -1.93. The molecule has 2 aromatic rings. The van der Waals surface area contributed by atoms with Gasteiger partial charge in [0.15, 0.2) is 0 Å². The molecule has 0 fully saturated rings. The average Bonchev–Trinajstić information content (AvgIpc) is 2.59. The topological polar surface area (TPSA) is 29.5 Å². The molecule has 4 heteroatoms. The van der Waals surface area contributed by atoms with Crippen LogP contribution in [0.3, 0.4) is 0 Å². The van der Waals surface area contributed by atoms with Gasteiger partial charge in [0.1, 0.15) is 0 Å². The maximum Gasteiger partial charge on any atom is 0.0502 e. The molecule has 0 saturated carbocycles. The fourth-order valence-corrected chi connectivity index (χ4v) is 1.86. The zero-order valence-corrected chi connectivity index (χ0v) is 19.5. The van der Waals surface area contributed by atoms with Crippen LogP contribution in [0.5, 0.6) is 0 Å². The summed E-state index contributed by atoms with van der Waals surface area (Å²) in [7, 11) is 1.73. The second-order valence-electron chi connectivity index (χ2n) is 5.19. The molecule has 2 unspecified atom stereocenters. The predicted octanol–water partition coefficient (Wildman–Crippen LogP) is 7.40. The molecule has 0 saturated heterocycles. The summed E-state index contributed by atoms with van der Waals surface area (Å²) in [5, 5.41) is 8.59. The standard InChI is InChI=1S/C10H14O.C9H12O.C2H6.4CH4.2H3P/c1-9-3-5-10(6-4-9)7-8-11-2;1-8-2-4-9(5-3-8)6-7-10;1-2;;;;;;/h3-6H,7-8H2,1-2H3;2-5,10H,6-7H2,1H3;1-2H3;4*1H4;2*1H3. The van der Waals surface area contributed by atoms with Gasteiger partial charge in [-0.3, -0.25) is 0 Å². The Hall–Kier alpha value is -0.780. The van der Waals surface area contributed by atoms with E-state index in [9.17, 15) is 0 Å². The van der Waals surface area contributed by atoms with E-state index in [1.54, 1.807) is 7.11 Å². The third kappa shape index (κ3) is 25.2. The number of aliphatic hydroxyl groups excluding tert-OH is 1. The monoisotopic (exact) mass is 448 g/mol. The Bertz CT molecular complexity index is 497. The largest absolute Gasteiger partial charge is 0.396 e. The van der Waals surface area contributed by atoms with Crippen LogP contribution >= 0.6 is 19.8 Å². The maximum atomic E-state index is 8.59. The molecule has 1 N–H and O–H groups in total. The van der Waals surface area contributed by atoms with E-state index in [0.717, 1.165) is 19.4 Å². The molecule has 0 aliphatic heterocycles. The van der Waals surface area contributed by atoms with Crippen molar-refractivity contribution in [2.45, 2.75) is 70.2 Å². The number of aliphatic hydroxyl groups is 1. The number of ether oxygens (including phenoxy) is 1. The molecule has 0 bridgehead atoms. The van der Waals surface area contributed by atoms with Crippen LogP contribution in [-0.4, -0.2) is 25.4 Å². The predicted molar refractivity (Wildman–Crippen MR) is 149 cm³/mol. The van der Waals surface area contributed by atoms with Gasteiger partial charge in [-0.2, -0.15) is 19.8 Å². The smallest absolute Gasteiger partial charge is 0.0502 e. The van der Waals surface area contributed by atoms with E-state index in [0.29, 0.717) is 0 Å². The van der Waals surface area contributed by atoms with Crippen LogP contribution in [-0.2, 0) is 17.6 Å². The van der Waals surface area contributed by atoms with E-state index in [1.165, 1.54) is 22.3 Å². The zero-order valence-electron chi connectivity index (χ0n) is 16.7. The minimum Gasteiger partial charge on any atom is -0.396 e. The molecule has 0 heterocycles. The van der Waals surface area contributed by atoms with E-state index in [2.05, 4.69) is 50.2 Å². The third-order valence-electron chi connectivity index (χ3n) is 3.24. The minimum absolute atomic E-state index is 0. The van der Waals surface area contributed by atoms with Crippen LogP contribution in [0.1, 0.15) is 65.8 Å². The van der Waals surface area contributed by atoms with Gasteiger partial charge in [0.25, 0.3) is 0 Å². The van der Waals surface area contributed by atoms with E-state index >= 15 is 0 Å². The molecule has 0 aliphatic rings. The fourth-order valence-electron chi connectivity index (χ4n) is 1.86. The highest BCUT2D eigenvalue weighted by atomic mass is 31.0. The van der Waals surface area contributed by atoms with Crippen molar-refractivity contribution < 1.29 is 9.84 Å². The number of aryl methyl sites for hydroxylation is 2. The van der Waals surface area contributed by atoms with Gasteiger partial charge in [-0.1, -0.05) is 103 Å². The Labute approximate surface area is 191 Å². The van der Waals surface area contributed by atoms with Gasteiger partial charge in [-0.25, -0.2) is 0 Å². The second-order valence-corrected chi connectivity index (χ2v) is 5.19. The van der Waals surface area contributed by atoms with E-state index in [-0.39, 0.29) is 56.1 Å². The molecule has 0 amide bonds. The van der Waals surface area contributed by atoms with Crippen molar-refractivity contribution in [2.75, 3.05) is 20.3 Å². The first kappa shape index (κ1) is 46.4. The van der Waals surface area contributed by atoms with E-state index in [1.807, 2.05) is 26.0 Å². The molecule has 0 aliphatic carbocycles. The van der Waals surface area contributed by atoms with Crippen molar-refractivity contribution in [1.29, 1.82) is 0 Å². The van der Waals surface area contributed by atoms with Crippen molar-refractivity contribution >= 4 is 19.8 Å². The summed E-state index contributed by atoms with van der Waals surface area (Å²) < 4.78 is 4.98. The first-order valence-electron chi connectivity index (χ1n) is 8.36. The zero-order chi connectivity index (χ0) is 17.5. The number of hydrogen-bond donors (Lipinski definition) is 1. The number of hydrogen-bond acceptors (Lipinski definition) is 2. The summed E-state index contributed by atoms with van der Waals surface area (Å²) in [5.74, 6) is 0. The van der Waals surface area contributed by atoms with Crippen LogP contribution in [0.15, 0.2) is 48.5 Å². The van der Waals surface area contributed by atoms with Crippen molar-refractivity contribution in [3.8, 4) is 0 Å². The Balaban J connectivity index is -0.0000000517. The lowest BCUT2D eigenvalue weighted by Gasteiger charge is -1.99. The first-order chi connectivity index (χ1) is 11.2. The van der Waals surface area contributed by atoms with Gasteiger partial charge in [-0.05, 0) is 37.8 Å². The fraction of sp³-hybridized carbons (Fsp3) is 0.520. The molecule has 2 rings (SSSR count). The highest BCUT2D eigenvalue weighted by molar-refractivity contribution is 6.92. The van der Waals surface area contributed by atoms with Crippen molar-refractivity contribution in [3.05, 3.63) is 70.8 Å². The quantitative estimate of drug-likeness (QED) is 0.483. The molecule has 176 valence electrons. The van der Waals surface area contributed by atoms with Gasteiger partial charge >= 0.3 is 0 Å². The maximum absolute atomic E-state index is 8.59. The lowest BCUT2D eigenvalue weighted by atomic mass is 10.1. The molecule has 2 nitrogen and oxygen atoms in total. The highest BCUT2D eigenvalue weighted by Crippen LogP contribution is 2.03. The SMILES string of the molecule is C.C.C.C.CC.COCCc1ccc(C)cc1.Cc1ccc(CCO)cc1.P.P. The molecule has 0 spiro atoms. The summed E-state index contributed by atoms with van der Waals surface area (Å²) in [6, 6.07) is 16.8.